The van der Waals surface area contributed by atoms with E-state index < -0.39 is 16.5 Å². The highest BCUT2D eigenvalue weighted by Gasteiger charge is 2.25. The summed E-state index contributed by atoms with van der Waals surface area (Å²) in [5.41, 5.74) is 0.438. The smallest absolute Gasteiger partial charge is 0.335 e. The number of aromatic carboxylic acids is 1. The minimum atomic E-state index is -1.07. The zero-order valence-corrected chi connectivity index (χ0v) is 15.4. The number of nitrogens with zero attached hydrogens (tertiary/aromatic N) is 3. The maximum atomic E-state index is 13.2. The molecule has 9 heteroatoms. The van der Waals surface area contributed by atoms with Gasteiger partial charge in [0.25, 0.3) is 11.2 Å². The Bertz CT molecular complexity index is 1240. The molecule has 0 spiro atoms. The first-order valence-corrected chi connectivity index (χ1v) is 9.09. The number of carbonyl (C=O) groups is 1. The van der Waals surface area contributed by atoms with E-state index in [4.69, 9.17) is 17.3 Å². The third-order valence-corrected chi connectivity index (χ3v) is 5.47. The maximum Gasteiger partial charge on any atom is 0.335 e. The lowest BCUT2D eigenvalue weighted by Crippen LogP contribution is -2.28. The molecule has 28 heavy (non-hydrogen) atoms. The van der Waals surface area contributed by atoms with Crippen molar-refractivity contribution in [2.75, 3.05) is 0 Å². The van der Waals surface area contributed by atoms with Crippen LogP contribution in [0.3, 0.4) is 0 Å². The molecule has 8 nitrogen and oxygen atoms in total. The van der Waals surface area contributed by atoms with Gasteiger partial charge in [-0.05, 0) is 61.8 Å². The number of hydrogen-bond donors (Lipinski definition) is 1. The van der Waals surface area contributed by atoms with Gasteiger partial charge in [0.05, 0.1) is 27.1 Å². The average Bonchev–Trinajstić information content (AvgIpc) is 2.63. The zero-order chi connectivity index (χ0) is 20.0. The molecule has 0 amide bonds. The molecule has 1 N–H and O–H groups in total. The Morgan fingerprint density at radius 2 is 1.86 bits per heavy atom. The van der Waals surface area contributed by atoms with Crippen LogP contribution < -0.4 is 5.56 Å². The number of aromatic nitrogens is 2. The van der Waals surface area contributed by atoms with E-state index in [0.29, 0.717) is 16.0 Å². The van der Waals surface area contributed by atoms with Gasteiger partial charge in [-0.1, -0.05) is 0 Å². The number of carboxylic acid groups (broad SMARTS) is 1. The fourth-order valence-corrected chi connectivity index (χ4v) is 3.85. The van der Waals surface area contributed by atoms with Gasteiger partial charge in [-0.2, -0.15) is 0 Å². The first kappa shape index (κ1) is 18.1. The monoisotopic (exact) mass is 397 g/mol. The summed E-state index contributed by atoms with van der Waals surface area (Å²) in [4.78, 5) is 34.9. The standard InChI is InChI=1S/C19H15N3O5S/c23-17-15-10-14(22(26)27)8-9-16(15)20(12-2-1-3-12)19(28)21(17)13-6-4-11(5-7-13)18(24)25/h4-10,12H,1-3H2,(H,24,25). The molecule has 1 heterocycles. The topological polar surface area (TPSA) is 107 Å². The Labute approximate surface area is 163 Å². The SMILES string of the molecule is O=C(O)c1ccc(-n2c(=O)c3cc([N+](=O)[O-])ccc3n(C3CCC3)c2=S)cc1. The molecule has 0 bridgehead atoms. The summed E-state index contributed by atoms with van der Waals surface area (Å²) in [6, 6.07) is 10.1. The Balaban J connectivity index is 2.05. The van der Waals surface area contributed by atoms with Crippen LogP contribution in [0.25, 0.3) is 16.6 Å². The Hall–Kier alpha value is -3.33. The summed E-state index contributed by atoms with van der Waals surface area (Å²) in [7, 11) is 0. The molecule has 142 valence electrons. The van der Waals surface area contributed by atoms with Crippen LogP contribution in [-0.2, 0) is 0 Å². The number of fused-ring (bicyclic) bond motifs is 1. The second kappa shape index (κ2) is 6.68. The van der Waals surface area contributed by atoms with Gasteiger partial charge in [0.2, 0.25) is 0 Å². The molecule has 0 radical (unpaired) electrons. The Morgan fingerprint density at radius 3 is 2.39 bits per heavy atom. The average molecular weight is 397 g/mol. The van der Waals surface area contributed by atoms with Gasteiger partial charge in [0.15, 0.2) is 4.77 Å². The number of non-ortho nitro benzene ring substituents is 1. The molecular formula is C19H15N3O5S. The van der Waals surface area contributed by atoms with Crippen LogP contribution in [0.4, 0.5) is 5.69 Å². The summed E-state index contributed by atoms with van der Waals surface area (Å²) >= 11 is 5.61. The normalized spacial score (nSPS) is 14.0. The fourth-order valence-electron chi connectivity index (χ4n) is 3.42. The van der Waals surface area contributed by atoms with E-state index in [2.05, 4.69) is 0 Å². The molecule has 0 saturated heterocycles. The van der Waals surface area contributed by atoms with Gasteiger partial charge in [0, 0.05) is 18.2 Å². The lowest BCUT2D eigenvalue weighted by atomic mass is 9.92. The summed E-state index contributed by atoms with van der Waals surface area (Å²) in [6.45, 7) is 0. The van der Waals surface area contributed by atoms with Crippen molar-refractivity contribution in [2.45, 2.75) is 25.3 Å². The van der Waals surface area contributed by atoms with Crippen LogP contribution >= 0.6 is 12.2 Å². The highest BCUT2D eigenvalue weighted by Crippen LogP contribution is 2.34. The quantitative estimate of drug-likeness (QED) is 0.407. The second-order valence-electron chi connectivity index (χ2n) is 6.69. The third-order valence-electron chi connectivity index (χ3n) is 5.09. The fraction of sp³-hybridized carbons (Fsp3) is 0.211. The minimum absolute atomic E-state index is 0.0889. The zero-order valence-electron chi connectivity index (χ0n) is 14.6. The lowest BCUT2D eigenvalue weighted by molar-refractivity contribution is -0.384. The summed E-state index contributed by atoms with van der Waals surface area (Å²) in [5, 5.41) is 20.5. The summed E-state index contributed by atoms with van der Waals surface area (Å²) in [6.07, 6.45) is 2.88. The number of benzene rings is 2. The molecule has 1 aromatic heterocycles. The molecule has 1 aliphatic rings. The van der Waals surface area contributed by atoms with Crippen LogP contribution in [0.5, 0.6) is 0 Å². The van der Waals surface area contributed by atoms with Gasteiger partial charge in [-0.25, -0.2) is 4.79 Å². The van der Waals surface area contributed by atoms with E-state index in [1.165, 1.54) is 41.0 Å². The van der Waals surface area contributed by atoms with Crippen LogP contribution in [0.2, 0.25) is 0 Å². The van der Waals surface area contributed by atoms with Gasteiger partial charge < -0.3 is 9.67 Å². The van der Waals surface area contributed by atoms with Gasteiger partial charge in [0.1, 0.15) is 0 Å². The van der Waals surface area contributed by atoms with Crippen molar-refractivity contribution in [1.82, 2.24) is 9.13 Å². The number of carboxylic acids is 1. The van der Waals surface area contributed by atoms with Crippen molar-refractivity contribution < 1.29 is 14.8 Å². The Morgan fingerprint density at radius 1 is 1.18 bits per heavy atom. The lowest BCUT2D eigenvalue weighted by Gasteiger charge is -2.30. The predicted octanol–water partition coefficient (Wildman–Crippen LogP) is 3.85. The number of nitro benzene ring substituents is 1. The van der Waals surface area contributed by atoms with Crippen molar-refractivity contribution in [3.63, 3.8) is 0 Å². The number of nitro groups is 1. The van der Waals surface area contributed by atoms with E-state index >= 15 is 0 Å². The molecule has 1 saturated carbocycles. The van der Waals surface area contributed by atoms with Crippen LogP contribution in [-0.4, -0.2) is 25.1 Å². The van der Waals surface area contributed by atoms with Crippen molar-refractivity contribution in [1.29, 1.82) is 0 Å². The molecule has 1 fully saturated rings. The van der Waals surface area contributed by atoms with Crippen LogP contribution in [0.15, 0.2) is 47.3 Å². The Kier molecular flexibility index (Phi) is 4.31. The van der Waals surface area contributed by atoms with E-state index in [-0.39, 0.29) is 22.7 Å². The highest BCUT2D eigenvalue weighted by molar-refractivity contribution is 7.71. The van der Waals surface area contributed by atoms with E-state index in [1.807, 2.05) is 4.57 Å². The van der Waals surface area contributed by atoms with Crippen LogP contribution in [0, 0.1) is 14.9 Å². The summed E-state index contributed by atoms with van der Waals surface area (Å²) in [5.74, 6) is -1.07. The van der Waals surface area contributed by atoms with Gasteiger partial charge >= 0.3 is 5.97 Å². The van der Waals surface area contributed by atoms with Crippen molar-refractivity contribution >= 4 is 34.8 Å². The maximum absolute atomic E-state index is 13.2. The second-order valence-corrected chi connectivity index (χ2v) is 7.05. The van der Waals surface area contributed by atoms with Crippen molar-refractivity contribution in [2.24, 2.45) is 0 Å². The molecule has 0 unspecified atom stereocenters. The van der Waals surface area contributed by atoms with E-state index in [0.717, 1.165) is 19.3 Å². The minimum Gasteiger partial charge on any atom is -0.478 e. The molecule has 2 aromatic carbocycles. The van der Waals surface area contributed by atoms with Gasteiger partial charge in [-0.3, -0.25) is 19.5 Å². The number of hydrogen-bond acceptors (Lipinski definition) is 5. The molecule has 0 atom stereocenters. The first-order chi connectivity index (χ1) is 13.4. The molecule has 4 rings (SSSR count). The van der Waals surface area contributed by atoms with Gasteiger partial charge in [-0.15, -0.1) is 0 Å². The van der Waals surface area contributed by atoms with E-state index in [9.17, 15) is 19.7 Å². The molecular weight excluding hydrogens is 382 g/mol. The molecule has 1 aliphatic carbocycles. The summed E-state index contributed by atoms with van der Waals surface area (Å²) < 4.78 is 3.48. The number of rotatable bonds is 4. The predicted molar refractivity (Wildman–Crippen MR) is 105 cm³/mol. The third kappa shape index (κ3) is 2.80. The van der Waals surface area contributed by atoms with E-state index in [1.54, 1.807) is 6.07 Å². The molecule has 0 aliphatic heterocycles. The first-order valence-electron chi connectivity index (χ1n) is 8.68. The van der Waals surface area contributed by atoms with Crippen molar-refractivity contribution in [3.8, 4) is 5.69 Å². The van der Waals surface area contributed by atoms with Crippen LogP contribution in [0.1, 0.15) is 35.7 Å². The molecule has 3 aromatic rings. The highest BCUT2D eigenvalue weighted by atomic mass is 32.1. The van der Waals surface area contributed by atoms with Crippen molar-refractivity contribution in [3.05, 3.63) is 73.3 Å². The largest absolute Gasteiger partial charge is 0.478 e.